The van der Waals surface area contributed by atoms with Gasteiger partial charge in [-0.1, -0.05) is 12.8 Å². The first-order valence-corrected chi connectivity index (χ1v) is 9.47. The smallest absolute Gasteiger partial charge is 0.227 e. The highest BCUT2D eigenvalue weighted by Gasteiger charge is 2.23. The number of sulfone groups is 1. The third kappa shape index (κ3) is 3.43. The molecular weight excluding hydrogens is 324 g/mol. The van der Waals surface area contributed by atoms with E-state index in [4.69, 9.17) is 5.73 Å². The van der Waals surface area contributed by atoms with E-state index in [2.05, 4.69) is 5.32 Å². The molecule has 0 aromatic heterocycles. The van der Waals surface area contributed by atoms with Crippen LogP contribution in [0.5, 0.6) is 0 Å². The Kier molecular flexibility index (Phi) is 4.57. The van der Waals surface area contributed by atoms with Gasteiger partial charge in [0.25, 0.3) is 0 Å². The van der Waals surface area contributed by atoms with Crippen LogP contribution in [0, 0.1) is 5.92 Å². The molecule has 1 amide bonds. The Morgan fingerprint density at radius 3 is 1.96 bits per heavy atom. The monoisotopic (exact) mass is 344 g/mol. The van der Waals surface area contributed by atoms with Crippen molar-refractivity contribution in [1.82, 2.24) is 0 Å². The molecule has 5 nitrogen and oxygen atoms in total. The highest BCUT2D eigenvalue weighted by atomic mass is 32.2. The number of nitrogens with two attached hydrogens (primary N) is 1. The lowest BCUT2D eigenvalue weighted by atomic mass is 10.1. The molecule has 0 bridgehead atoms. The summed E-state index contributed by atoms with van der Waals surface area (Å²) < 4.78 is 25.1. The van der Waals surface area contributed by atoms with Gasteiger partial charge in [0.2, 0.25) is 15.7 Å². The van der Waals surface area contributed by atoms with Crippen LogP contribution in [-0.2, 0) is 14.6 Å². The van der Waals surface area contributed by atoms with Crippen LogP contribution in [0.25, 0.3) is 0 Å². The Labute approximate surface area is 141 Å². The van der Waals surface area contributed by atoms with Gasteiger partial charge in [-0.05, 0) is 61.4 Å². The van der Waals surface area contributed by atoms with Gasteiger partial charge in [-0.2, -0.15) is 0 Å². The zero-order valence-corrected chi connectivity index (χ0v) is 14.1. The van der Waals surface area contributed by atoms with Crippen molar-refractivity contribution in [2.45, 2.75) is 35.5 Å². The second-order valence-corrected chi connectivity index (χ2v) is 8.02. The molecule has 1 aliphatic rings. The number of benzene rings is 2. The van der Waals surface area contributed by atoms with Gasteiger partial charge in [-0.15, -0.1) is 0 Å². The number of carbonyl (C=O) groups is 1. The molecule has 0 aliphatic heterocycles. The van der Waals surface area contributed by atoms with E-state index in [1.807, 2.05) is 0 Å². The first-order chi connectivity index (χ1) is 11.5. The van der Waals surface area contributed by atoms with Crippen LogP contribution < -0.4 is 11.1 Å². The molecule has 126 valence electrons. The Hall–Kier alpha value is -2.34. The lowest BCUT2D eigenvalue weighted by molar-refractivity contribution is -0.119. The van der Waals surface area contributed by atoms with E-state index in [9.17, 15) is 13.2 Å². The summed E-state index contributed by atoms with van der Waals surface area (Å²) in [5.41, 5.74) is 6.72. The van der Waals surface area contributed by atoms with E-state index in [0.29, 0.717) is 11.4 Å². The Morgan fingerprint density at radius 2 is 1.42 bits per heavy atom. The van der Waals surface area contributed by atoms with E-state index in [1.165, 1.54) is 24.3 Å². The summed E-state index contributed by atoms with van der Waals surface area (Å²) in [7, 11) is -3.58. The minimum atomic E-state index is -3.58. The molecule has 3 N–H and O–H groups in total. The van der Waals surface area contributed by atoms with E-state index in [1.54, 1.807) is 24.3 Å². The van der Waals surface area contributed by atoms with Gasteiger partial charge in [0.15, 0.2) is 0 Å². The molecule has 2 aromatic rings. The highest BCUT2D eigenvalue weighted by Crippen LogP contribution is 2.27. The van der Waals surface area contributed by atoms with Crippen molar-refractivity contribution < 1.29 is 13.2 Å². The van der Waals surface area contributed by atoms with Crippen LogP contribution in [-0.4, -0.2) is 14.3 Å². The summed E-state index contributed by atoms with van der Waals surface area (Å²) in [6.07, 6.45) is 4.04. The molecule has 3 rings (SSSR count). The maximum absolute atomic E-state index is 12.6. The minimum absolute atomic E-state index is 0.0154. The maximum atomic E-state index is 12.6. The second kappa shape index (κ2) is 6.65. The zero-order valence-electron chi connectivity index (χ0n) is 13.2. The summed E-state index contributed by atoms with van der Waals surface area (Å²) in [5.74, 6) is 0.0878. The van der Waals surface area contributed by atoms with Crippen LogP contribution in [0.2, 0.25) is 0 Å². The molecule has 0 radical (unpaired) electrons. The van der Waals surface area contributed by atoms with Crippen molar-refractivity contribution in [2.24, 2.45) is 5.92 Å². The maximum Gasteiger partial charge on any atom is 0.227 e. The van der Waals surface area contributed by atoms with Crippen molar-refractivity contribution in [3.8, 4) is 0 Å². The molecule has 0 unspecified atom stereocenters. The lowest BCUT2D eigenvalue weighted by Crippen LogP contribution is -2.20. The first kappa shape index (κ1) is 16.5. The predicted octanol–water partition coefficient (Wildman–Crippen LogP) is 3.23. The summed E-state index contributed by atoms with van der Waals surface area (Å²) in [6.45, 7) is 0. The minimum Gasteiger partial charge on any atom is -0.399 e. The summed E-state index contributed by atoms with van der Waals surface area (Å²) >= 11 is 0. The van der Waals surface area contributed by atoms with Crippen molar-refractivity contribution in [3.63, 3.8) is 0 Å². The molecule has 0 spiro atoms. The molecule has 1 fully saturated rings. The van der Waals surface area contributed by atoms with E-state index < -0.39 is 9.84 Å². The largest absolute Gasteiger partial charge is 0.399 e. The predicted molar refractivity (Wildman–Crippen MR) is 93.3 cm³/mol. The molecule has 6 heteroatoms. The third-order valence-electron chi connectivity index (χ3n) is 4.35. The van der Waals surface area contributed by atoms with Gasteiger partial charge < -0.3 is 11.1 Å². The van der Waals surface area contributed by atoms with Gasteiger partial charge >= 0.3 is 0 Å². The topological polar surface area (TPSA) is 89.3 Å². The number of carbonyl (C=O) groups excluding carboxylic acids is 1. The summed E-state index contributed by atoms with van der Waals surface area (Å²) in [6, 6.07) is 12.4. The number of amides is 1. The Balaban J connectivity index is 1.76. The van der Waals surface area contributed by atoms with Crippen LogP contribution in [0.3, 0.4) is 0 Å². The van der Waals surface area contributed by atoms with Crippen LogP contribution in [0.15, 0.2) is 58.3 Å². The van der Waals surface area contributed by atoms with Gasteiger partial charge in [-0.3, -0.25) is 4.79 Å². The van der Waals surface area contributed by atoms with Crippen LogP contribution in [0.1, 0.15) is 25.7 Å². The van der Waals surface area contributed by atoms with E-state index in [0.717, 1.165) is 25.7 Å². The molecule has 1 aliphatic carbocycles. The number of nitrogens with one attached hydrogen (secondary N) is 1. The summed E-state index contributed by atoms with van der Waals surface area (Å²) in [5, 5.41) is 2.86. The van der Waals surface area contributed by atoms with Gasteiger partial charge in [0.05, 0.1) is 9.79 Å². The van der Waals surface area contributed by atoms with Crippen molar-refractivity contribution >= 4 is 27.1 Å². The number of rotatable bonds is 4. The second-order valence-electron chi connectivity index (χ2n) is 6.07. The fourth-order valence-corrected chi connectivity index (χ4v) is 4.19. The average molecular weight is 344 g/mol. The van der Waals surface area contributed by atoms with E-state index >= 15 is 0 Å². The third-order valence-corrected chi connectivity index (χ3v) is 6.13. The van der Waals surface area contributed by atoms with Gasteiger partial charge in [-0.25, -0.2) is 8.42 Å². The molecule has 2 aromatic carbocycles. The van der Waals surface area contributed by atoms with Crippen molar-refractivity contribution in [2.75, 3.05) is 11.1 Å². The van der Waals surface area contributed by atoms with E-state index in [-0.39, 0.29) is 21.6 Å². The van der Waals surface area contributed by atoms with Crippen molar-refractivity contribution in [3.05, 3.63) is 48.5 Å². The number of anilines is 2. The SMILES string of the molecule is Nc1ccc(S(=O)(=O)c2ccc(NC(=O)C3CCCC3)cc2)cc1. The zero-order chi connectivity index (χ0) is 17.2. The summed E-state index contributed by atoms with van der Waals surface area (Å²) in [4.78, 5) is 12.5. The lowest BCUT2D eigenvalue weighted by Gasteiger charge is -2.11. The normalized spacial score (nSPS) is 15.3. The number of hydrogen-bond acceptors (Lipinski definition) is 4. The number of hydrogen-bond donors (Lipinski definition) is 2. The molecule has 0 saturated heterocycles. The first-order valence-electron chi connectivity index (χ1n) is 7.98. The molecular formula is C18H20N2O3S. The molecule has 0 atom stereocenters. The standard InChI is InChI=1S/C18H20N2O3S/c19-14-5-9-16(10-6-14)24(22,23)17-11-7-15(8-12-17)20-18(21)13-3-1-2-4-13/h5-13H,1-4,19H2,(H,20,21). The Bertz CT molecular complexity index is 822. The molecule has 1 saturated carbocycles. The highest BCUT2D eigenvalue weighted by molar-refractivity contribution is 7.91. The number of nitrogen functional groups attached to an aromatic ring is 1. The fourth-order valence-electron chi connectivity index (χ4n) is 2.93. The van der Waals surface area contributed by atoms with Crippen molar-refractivity contribution in [1.29, 1.82) is 0 Å². The molecule has 0 heterocycles. The van der Waals surface area contributed by atoms with Gasteiger partial charge in [0, 0.05) is 17.3 Å². The van der Waals surface area contributed by atoms with Gasteiger partial charge in [0.1, 0.15) is 0 Å². The fraction of sp³-hybridized carbons (Fsp3) is 0.278. The Morgan fingerprint density at radius 1 is 0.917 bits per heavy atom. The molecule has 24 heavy (non-hydrogen) atoms. The quantitative estimate of drug-likeness (QED) is 0.833. The van der Waals surface area contributed by atoms with Crippen LogP contribution in [0.4, 0.5) is 11.4 Å². The average Bonchev–Trinajstić information content (AvgIpc) is 3.10. The van der Waals surface area contributed by atoms with Crippen LogP contribution >= 0.6 is 0 Å².